The summed E-state index contributed by atoms with van der Waals surface area (Å²) in [6.07, 6.45) is 0.725. The summed E-state index contributed by atoms with van der Waals surface area (Å²) < 4.78 is 22.0. The Labute approximate surface area is 347 Å². The van der Waals surface area contributed by atoms with E-state index in [0.29, 0.717) is 62.9 Å². The Morgan fingerprint density at radius 1 is 0.984 bits per heavy atom. The van der Waals surface area contributed by atoms with Crippen molar-refractivity contribution in [2.24, 2.45) is 5.73 Å². The molecule has 0 bridgehead atoms. The number of hydrogen-bond donors (Lipinski definition) is 8. The van der Waals surface area contributed by atoms with Crippen molar-refractivity contribution in [3.63, 3.8) is 0 Å². The first-order chi connectivity index (χ1) is 29.1. The van der Waals surface area contributed by atoms with Crippen molar-refractivity contribution in [2.75, 3.05) is 26.2 Å². The number of carbonyl (C=O) groups is 6. The molecule has 0 radical (unpaired) electrons. The molecule has 3 aliphatic rings. The number of rotatable bonds is 14. The lowest BCUT2D eigenvalue weighted by Crippen LogP contribution is -2.52. The number of amides is 5. The maximum Gasteiger partial charge on any atom is 0.343 e. The molecule has 9 N–H and O–H groups in total. The van der Waals surface area contributed by atoms with Gasteiger partial charge in [-0.05, 0) is 54.5 Å². The quantitative estimate of drug-likeness (QED) is 0.0628. The molecule has 5 amide bonds. The molecule has 0 spiro atoms. The molecule has 4 aromatic rings. The highest BCUT2D eigenvalue weighted by molar-refractivity contribution is 5.95. The molecule has 320 valence electrons. The van der Waals surface area contributed by atoms with Gasteiger partial charge in [-0.1, -0.05) is 37.3 Å². The van der Waals surface area contributed by atoms with Gasteiger partial charge < -0.3 is 51.8 Å². The second kappa shape index (κ2) is 17.2. The molecule has 0 unspecified atom stereocenters. The fourth-order valence-corrected chi connectivity index (χ4v) is 8.16. The number of nitrogens with two attached hydrogens (primary N) is 1. The van der Waals surface area contributed by atoms with Gasteiger partial charge in [-0.3, -0.25) is 28.8 Å². The van der Waals surface area contributed by atoms with Gasteiger partial charge in [0.15, 0.2) is 5.60 Å². The van der Waals surface area contributed by atoms with Crippen molar-refractivity contribution in [2.45, 2.75) is 76.4 Å². The van der Waals surface area contributed by atoms with Gasteiger partial charge in [0.1, 0.15) is 24.5 Å². The highest BCUT2D eigenvalue weighted by atomic mass is 19.1. The summed E-state index contributed by atoms with van der Waals surface area (Å²) in [6, 6.07) is 8.61. The van der Waals surface area contributed by atoms with Crippen LogP contribution < -0.4 is 37.9 Å². The van der Waals surface area contributed by atoms with Crippen LogP contribution in [-0.2, 0) is 65.1 Å². The Morgan fingerprint density at radius 2 is 1.69 bits per heavy atom. The van der Waals surface area contributed by atoms with Crippen LogP contribution in [0.15, 0.2) is 47.3 Å². The van der Waals surface area contributed by atoms with E-state index in [-0.39, 0.29) is 37.1 Å². The van der Waals surface area contributed by atoms with Crippen molar-refractivity contribution in [3.8, 4) is 11.4 Å². The van der Waals surface area contributed by atoms with Gasteiger partial charge in [-0.15, -0.1) is 0 Å². The van der Waals surface area contributed by atoms with Gasteiger partial charge >= 0.3 is 5.97 Å². The fourth-order valence-electron chi connectivity index (χ4n) is 8.16. The lowest BCUT2D eigenvalue weighted by atomic mass is 9.81. The Bertz CT molecular complexity index is 2550. The number of aliphatic hydroxyl groups is 2. The van der Waals surface area contributed by atoms with Gasteiger partial charge in [-0.25, -0.2) is 14.2 Å². The van der Waals surface area contributed by atoms with E-state index in [1.54, 1.807) is 50.2 Å². The Balaban J connectivity index is 1.10. The average molecular weight is 841 g/mol. The number of fused-ring (bicyclic) bond motifs is 5. The van der Waals surface area contributed by atoms with E-state index in [9.17, 15) is 38.7 Å². The van der Waals surface area contributed by atoms with Crippen LogP contribution in [0.2, 0.25) is 0 Å². The van der Waals surface area contributed by atoms with Gasteiger partial charge in [0.05, 0.1) is 61.3 Å². The Kier molecular flexibility index (Phi) is 12.0. The highest BCUT2D eigenvalue weighted by Crippen LogP contribution is 2.46. The van der Waals surface area contributed by atoms with E-state index in [4.69, 9.17) is 20.6 Å². The highest BCUT2D eigenvalue weighted by Gasteiger charge is 2.46. The number of ether oxygens (including phenoxy) is 1. The van der Waals surface area contributed by atoms with Gasteiger partial charge in [-0.2, -0.15) is 0 Å². The monoisotopic (exact) mass is 840 g/mol. The Hall–Kier alpha value is -6.57. The number of nitrogens with zero attached hydrogens (tertiary/aromatic N) is 2. The zero-order chi connectivity index (χ0) is 43.7. The normalized spacial score (nSPS) is 18.1. The zero-order valence-electron chi connectivity index (χ0n) is 33.4. The predicted octanol–water partition coefficient (Wildman–Crippen LogP) is -0.974. The van der Waals surface area contributed by atoms with E-state index >= 15 is 4.39 Å². The number of aryl methyl sites for hydroxylation is 1. The number of nitrogens with one attached hydrogen (secondary N) is 5. The molecule has 0 saturated heterocycles. The molecule has 0 saturated carbocycles. The fraction of sp³-hybridized carbons (Fsp3) is 0.381. The first-order valence-corrected chi connectivity index (χ1v) is 19.8. The van der Waals surface area contributed by atoms with Crippen molar-refractivity contribution in [1.82, 2.24) is 36.1 Å². The third-order valence-corrected chi connectivity index (χ3v) is 11.5. The average Bonchev–Trinajstić information content (AvgIpc) is 3.63. The van der Waals surface area contributed by atoms with Crippen LogP contribution in [0.3, 0.4) is 0 Å². The summed E-state index contributed by atoms with van der Waals surface area (Å²) in [7, 11) is 0. The second-order valence-corrected chi connectivity index (χ2v) is 15.3. The molecular formula is C42H45FN8O10. The van der Waals surface area contributed by atoms with Crippen LogP contribution in [0.4, 0.5) is 4.39 Å². The molecule has 18 nitrogen and oxygen atoms in total. The number of hydrogen-bond acceptors (Lipinski definition) is 12. The number of carbonyl (C=O) groups excluding carboxylic acids is 6. The van der Waals surface area contributed by atoms with E-state index in [2.05, 4.69) is 26.6 Å². The summed E-state index contributed by atoms with van der Waals surface area (Å²) in [5.41, 5.74) is 7.19. The van der Waals surface area contributed by atoms with E-state index in [0.717, 1.165) is 0 Å². The van der Waals surface area contributed by atoms with Crippen molar-refractivity contribution in [3.05, 3.63) is 97.6 Å². The summed E-state index contributed by atoms with van der Waals surface area (Å²) in [5.74, 6) is -4.81. The molecule has 7 rings (SSSR count). The number of pyridine rings is 2. The topological polar surface area (TPSA) is 273 Å². The van der Waals surface area contributed by atoms with E-state index in [1.165, 1.54) is 10.6 Å². The molecule has 19 heteroatoms. The van der Waals surface area contributed by atoms with Crippen molar-refractivity contribution in [1.29, 1.82) is 0 Å². The molecule has 2 aromatic carbocycles. The molecule has 0 fully saturated rings. The lowest BCUT2D eigenvalue weighted by Gasteiger charge is -2.31. The van der Waals surface area contributed by atoms with Crippen LogP contribution in [0, 0.1) is 12.7 Å². The standard InChI is InChI=1S/C42H45FN8O10/c1-3-42(60)25-12-31-37-23(17-51(31)40(58)24(25)19-61-41(42)59)36-28(10-9-22-20(2)26(43)13-29(50-37)35(22)36)48-34(55)16-47-39(57)30(11-21-7-5-4-6-8-21)49-33(54)15-45-32(53)14-46-38(56)27(44)18-52/h4-8,12-13,27-28,30,52,60H,3,9-11,14-19,44H2,1-2H3,(H,45,53)(H,46,56)(H,47,57)(H,48,55)(H,49,54)/t27-,28-,30-,42-/m0/s1. The number of aromatic nitrogens is 2. The SMILES string of the molecule is CC[C@@]1(O)C(=O)OCc2c1cc1n(c2=O)Cc2c-1nc1cc(F)c(C)c3c1c2[C@@H](NC(=O)CNC(=O)[C@H](Cc1ccccc1)NC(=O)CNC(=O)CNC(=O)[C@@H](N)CO)CC3. The molecule has 2 aromatic heterocycles. The molecule has 1 aliphatic carbocycles. The maximum atomic E-state index is 15.4. The summed E-state index contributed by atoms with van der Waals surface area (Å²) >= 11 is 0. The van der Waals surface area contributed by atoms with Crippen LogP contribution in [0.25, 0.3) is 22.3 Å². The van der Waals surface area contributed by atoms with E-state index in [1.807, 2.05) is 0 Å². The number of aliphatic hydroxyl groups excluding tert-OH is 1. The molecule has 4 heterocycles. The lowest BCUT2D eigenvalue weighted by molar-refractivity contribution is -0.172. The van der Waals surface area contributed by atoms with Crippen molar-refractivity contribution < 1.29 is 48.1 Å². The minimum Gasteiger partial charge on any atom is -0.458 e. The van der Waals surface area contributed by atoms with Crippen molar-refractivity contribution >= 4 is 46.4 Å². The van der Waals surface area contributed by atoms with Crippen LogP contribution in [-0.4, -0.2) is 93.6 Å². The molecule has 2 aliphatic heterocycles. The third kappa shape index (κ3) is 8.18. The van der Waals surface area contributed by atoms with Crippen LogP contribution >= 0.6 is 0 Å². The maximum absolute atomic E-state index is 15.4. The third-order valence-electron chi connectivity index (χ3n) is 11.5. The first-order valence-electron chi connectivity index (χ1n) is 19.8. The Morgan fingerprint density at radius 3 is 2.41 bits per heavy atom. The minimum atomic E-state index is -2.05. The number of esters is 1. The zero-order valence-corrected chi connectivity index (χ0v) is 33.4. The van der Waals surface area contributed by atoms with Gasteiger partial charge in [0.25, 0.3) is 5.56 Å². The van der Waals surface area contributed by atoms with Gasteiger partial charge in [0, 0.05) is 29.0 Å². The van der Waals surface area contributed by atoms with Crippen LogP contribution in [0.5, 0.6) is 0 Å². The number of cyclic esters (lactones) is 1. The smallest absolute Gasteiger partial charge is 0.343 e. The predicted molar refractivity (Wildman–Crippen MR) is 215 cm³/mol. The summed E-state index contributed by atoms with van der Waals surface area (Å²) in [5, 5.41) is 33.7. The molecular weight excluding hydrogens is 796 g/mol. The summed E-state index contributed by atoms with van der Waals surface area (Å²) in [4.78, 5) is 95.6. The van der Waals surface area contributed by atoms with Crippen LogP contribution in [0.1, 0.15) is 64.8 Å². The molecule has 4 atom stereocenters. The number of benzene rings is 2. The minimum absolute atomic E-state index is 0.0405. The largest absolute Gasteiger partial charge is 0.458 e. The summed E-state index contributed by atoms with van der Waals surface area (Å²) in [6.45, 7) is 0.828. The first kappa shape index (κ1) is 42.6. The van der Waals surface area contributed by atoms with E-state index < -0.39 is 96.8 Å². The number of halogens is 1. The van der Waals surface area contributed by atoms with Gasteiger partial charge in [0.2, 0.25) is 29.5 Å². The molecule has 61 heavy (non-hydrogen) atoms. The second-order valence-electron chi connectivity index (χ2n) is 15.3.